The number of nitrogens with one attached hydrogen (secondary N) is 1. The first kappa shape index (κ1) is 16.9. The average molecular weight is 272 g/mol. The molecule has 0 amide bonds. The van der Waals surface area contributed by atoms with Gasteiger partial charge >= 0.3 is 0 Å². The lowest BCUT2D eigenvalue weighted by molar-refractivity contribution is 0.0299. The SMILES string of the molecule is CCC(O)C1CC(NCCC(C)C)CN(CCO)C1. The molecule has 4 nitrogen and oxygen atoms in total. The number of β-amino-alcohol motifs (C(OH)–C–C–N with tert-alkyl or cyclic N) is 1. The van der Waals surface area contributed by atoms with Crippen molar-refractivity contribution in [3.63, 3.8) is 0 Å². The molecule has 1 fully saturated rings. The molecule has 1 rings (SSSR count). The highest BCUT2D eigenvalue weighted by molar-refractivity contribution is 4.86. The minimum atomic E-state index is -0.212. The summed E-state index contributed by atoms with van der Waals surface area (Å²) < 4.78 is 0. The van der Waals surface area contributed by atoms with Crippen LogP contribution >= 0.6 is 0 Å². The fourth-order valence-corrected chi connectivity index (χ4v) is 2.89. The Balaban J connectivity index is 2.45. The van der Waals surface area contributed by atoms with Crippen molar-refractivity contribution in [2.75, 3.05) is 32.8 Å². The standard InChI is InChI=1S/C15H32N2O2/c1-4-15(19)13-9-14(16-6-5-12(2)3)11-17(10-13)7-8-18/h12-16,18-19H,4-11H2,1-3H3. The second kappa shape index (κ2) is 8.90. The molecular formula is C15H32N2O2. The van der Waals surface area contributed by atoms with Crippen LogP contribution in [0.25, 0.3) is 0 Å². The number of hydrogen-bond donors (Lipinski definition) is 3. The Hall–Kier alpha value is -0.160. The Morgan fingerprint density at radius 2 is 2.05 bits per heavy atom. The first-order valence-electron chi connectivity index (χ1n) is 7.81. The van der Waals surface area contributed by atoms with E-state index in [1.54, 1.807) is 0 Å². The van der Waals surface area contributed by atoms with Gasteiger partial charge in [-0.2, -0.15) is 0 Å². The van der Waals surface area contributed by atoms with Gasteiger partial charge in [0.25, 0.3) is 0 Å². The third-order valence-corrected chi connectivity index (χ3v) is 4.09. The fraction of sp³-hybridized carbons (Fsp3) is 1.00. The Labute approximate surface area is 118 Å². The van der Waals surface area contributed by atoms with Gasteiger partial charge in [-0.15, -0.1) is 0 Å². The van der Waals surface area contributed by atoms with Crippen LogP contribution in [0.4, 0.5) is 0 Å². The maximum atomic E-state index is 10.1. The van der Waals surface area contributed by atoms with Gasteiger partial charge < -0.3 is 15.5 Å². The lowest BCUT2D eigenvalue weighted by Crippen LogP contribution is -2.52. The van der Waals surface area contributed by atoms with E-state index in [2.05, 4.69) is 24.1 Å². The number of nitrogens with zero attached hydrogens (tertiary/aromatic N) is 1. The lowest BCUT2D eigenvalue weighted by atomic mass is 9.88. The molecule has 0 aliphatic carbocycles. The van der Waals surface area contributed by atoms with Crippen molar-refractivity contribution in [2.45, 2.75) is 52.2 Å². The molecule has 1 aliphatic rings. The van der Waals surface area contributed by atoms with Gasteiger partial charge in [0.15, 0.2) is 0 Å². The summed E-state index contributed by atoms with van der Waals surface area (Å²) in [7, 11) is 0. The quantitative estimate of drug-likeness (QED) is 0.619. The zero-order valence-corrected chi connectivity index (χ0v) is 12.8. The van der Waals surface area contributed by atoms with Gasteiger partial charge in [0.1, 0.15) is 0 Å². The summed E-state index contributed by atoms with van der Waals surface area (Å²) in [4.78, 5) is 2.28. The minimum absolute atomic E-state index is 0.202. The van der Waals surface area contributed by atoms with Gasteiger partial charge in [-0.1, -0.05) is 20.8 Å². The van der Waals surface area contributed by atoms with Crippen molar-refractivity contribution in [3.8, 4) is 0 Å². The van der Waals surface area contributed by atoms with E-state index in [1.165, 1.54) is 6.42 Å². The number of aliphatic hydroxyl groups excluding tert-OH is 2. The number of rotatable bonds is 8. The van der Waals surface area contributed by atoms with Crippen LogP contribution in [-0.2, 0) is 0 Å². The van der Waals surface area contributed by atoms with Gasteiger partial charge in [-0.25, -0.2) is 0 Å². The summed E-state index contributed by atoms with van der Waals surface area (Å²) in [5.41, 5.74) is 0. The smallest absolute Gasteiger partial charge is 0.0578 e. The fourth-order valence-electron chi connectivity index (χ4n) is 2.89. The van der Waals surface area contributed by atoms with E-state index in [9.17, 15) is 5.11 Å². The van der Waals surface area contributed by atoms with E-state index in [0.717, 1.165) is 44.9 Å². The molecule has 0 saturated carbocycles. The minimum Gasteiger partial charge on any atom is -0.395 e. The molecule has 0 radical (unpaired) electrons. The van der Waals surface area contributed by atoms with Gasteiger partial charge in [0.05, 0.1) is 12.7 Å². The molecule has 1 heterocycles. The maximum Gasteiger partial charge on any atom is 0.0578 e. The van der Waals surface area contributed by atoms with E-state index in [-0.39, 0.29) is 12.7 Å². The summed E-state index contributed by atoms with van der Waals surface area (Å²) in [5.74, 6) is 1.06. The molecule has 3 unspecified atom stereocenters. The van der Waals surface area contributed by atoms with Crippen LogP contribution < -0.4 is 5.32 Å². The number of aliphatic hydroxyl groups is 2. The van der Waals surface area contributed by atoms with Crippen LogP contribution in [0.1, 0.15) is 40.0 Å². The number of likely N-dealkylation sites (tertiary alicyclic amines) is 1. The lowest BCUT2D eigenvalue weighted by Gasteiger charge is -2.39. The molecule has 19 heavy (non-hydrogen) atoms. The van der Waals surface area contributed by atoms with Crippen molar-refractivity contribution in [2.24, 2.45) is 11.8 Å². The molecule has 114 valence electrons. The van der Waals surface area contributed by atoms with E-state index >= 15 is 0 Å². The molecule has 0 aromatic carbocycles. The molecule has 4 heteroatoms. The molecule has 0 bridgehead atoms. The van der Waals surface area contributed by atoms with Crippen LogP contribution in [0, 0.1) is 11.8 Å². The summed E-state index contributed by atoms with van der Waals surface area (Å²) in [5, 5.41) is 22.8. The highest BCUT2D eigenvalue weighted by atomic mass is 16.3. The number of hydrogen-bond acceptors (Lipinski definition) is 4. The molecule has 0 spiro atoms. The molecule has 1 aliphatic heterocycles. The molecule has 0 aromatic heterocycles. The van der Waals surface area contributed by atoms with Crippen molar-refractivity contribution >= 4 is 0 Å². The van der Waals surface area contributed by atoms with Crippen LogP contribution in [0.15, 0.2) is 0 Å². The largest absolute Gasteiger partial charge is 0.395 e. The van der Waals surface area contributed by atoms with Crippen LogP contribution in [0.2, 0.25) is 0 Å². The Morgan fingerprint density at radius 1 is 1.32 bits per heavy atom. The summed E-state index contributed by atoms with van der Waals surface area (Å²) in [6, 6.07) is 0.449. The maximum absolute atomic E-state index is 10.1. The monoisotopic (exact) mass is 272 g/mol. The number of piperidine rings is 1. The first-order chi connectivity index (χ1) is 9.06. The first-order valence-corrected chi connectivity index (χ1v) is 7.81. The van der Waals surface area contributed by atoms with Crippen LogP contribution in [0.3, 0.4) is 0 Å². The topological polar surface area (TPSA) is 55.7 Å². The molecule has 0 aromatic rings. The molecule has 3 N–H and O–H groups in total. The van der Waals surface area contributed by atoms with Crippen LogP contribution in [0.5, 0.6) is 0 Å². The highest BCUT2D eigenvalue weighted by Gasteiger charge is 2.30. The Bertz CT molecular complexity index is 236. The van der Waals surface area contributed by atoms with E-state index in [1.807, 2.05) is 6.92 Å². The normalized spacial score (nSPS) is 26.8. The van der Waals surface area contributed by atoms with Crippen molar-refractivity contribution in [3.05, 3.63) is 0 Å². The van der Waals surface area contributed by atoms with Crippen molar-refractivity contribution < 1.29 is 10.2 Å². The Morgan fingerprint density at radius 3 is 2.63 bits per heavy atom. The van der Waals surface area contributed by atoms with E-state index in [0.29, 0.717) is 12.0 Å². The van der Waals surface area contributed by atoms with Gasteiger partial charge in [0, 0.05) is 25.7 Å². The van der Waals surface area contributed by atoms with E-state index < -0.39 is 0 Å². The molecular weight excluding hydrogens is 240 g/mol. The highest BCUT2D eigenvalue weighted by Crippen LogP contribution is 2.21. The third-order valence-electron chi connectivity index (χ3n) is 4.09. The third kappa shape index (κ3) is 6.21. The second-order valence-corrected chi connectivity index (χ2v) is 6.29. The average Bonchev–Trinajstić information content (AvgIpc) is 2.37. The van der Waals surface area contributed by atoms with Crippen LogP contribution in [-0.4, -0.2) is 60.0 Å². The summed E-state index contributed by atoms with van der Waals surface area (Å²) in [6.45, 7) is 10.4. The Kier molecular flexibility index (Phi) is 7.91. The zero-order valence-electron chi connectivity index (χ0n) is 12.8. The predicted molar refractivity (Wildman–Crippen MR) is 79.2 cm³/mol. The predicted octanol–water partition coefficient (Wildman–Crippen LogP) is 1.08. The van der Waals surface area contributed by atoms with Crippen molar-refractivity contribution in [1.29, 1.82) is 0 Å². The van der Waals surface area contributed by atoms with E-state index in [4.69, 9.17) is 5.11 Å². The second-order valence-electron chi connectivity index (χ2n) is 6.29. The zero-order chi connectivity index (χ0) is 14.3. The van der Waals surface area contributed by atoms with Gasteiger partial charge in [-0.3, -0.25) is 4.90 Å². The van der Waals surface area contributed by atoms with Gasteiger partial charge in [-0.05, 0) is 37.6 Å². The van der Waals surface area contributed by atoms with Gasteiger partial charge in [0.2, 0.25) is 0 Å². The van der Waals surface area contributed by atoms with Crippen molar-refractivity contribution in [1.82, 2.24) is 10.2 Å². The molecule has 3 atom stereocenters. The summed E-state index contributed by atoms with van der Waals surface area (Å²) >= 11 is 0. The molecule has 1 saturated heterocycles. The summed E-state index contributed by atoms with van der Waals surface area (Å²) in [6.07, 6.45) is 2.85.